The van der Waals surface area contributed by atoms with Crippen molar-refractivity contribution in [2.45, 2.75) is 75.7 Å². The zero-order valence-corrected chi connectivity index (χ0v) is 12.9. The Hall–Kier alpha value is -0.293. The van der Waals surface area contributed by atoms with Crippen molar-refractivity contribution in [1.82, 2.24) is 0 Å². The van der Waals surface area contributed by atoms with Gasteiger partial charge in [0.05, 0.1) is 8.07 Å². The van der Waals surface area contributed by atoms with Crippen LogP contribution in [0.15, 0.2) is 0 Å². The van der Waals surface area contributed by atoms with E-state index in [4.69, 9.17) is 0 Å². The first kappa shape index (κ1) is 15.8. The molecule has 18 heavy (non-hydrogen) atoms. The number of carbonyl (C=O) groups is 1. The molecule has 1 rings (SSSR count). The van der Waals surface area contributed by atoms with Crippen molar-refractivity contribution in [1.29, 1.82) is 0 Å². The summed E-state index contributed by atoms with van der Waals surface area (Å²) in [6.07, 6.45) is 0.849. The highest BCUT2D eigenvalue weighted by molar-refractivity contribution is 6.83. The Morgan fingerprint density at radius 3 is 2.17 bits per heavy atom. The highest BCUT2D eigenvalue weighted by atomic mass is 28.3. The van der Waals surface area contributed by atoms with Gasteiger partial charge in [-0.2, -0.15) is 8.78 Å². The molecule has 0 aromatic heterocycles. The summed E-state index contributed by atoms with van der Waals surface area (Å²) < 4.78 is 28.7. The van der Waals surface area contributed by atoms with E-state index in [1.54, 1.807) is 13.1 Å². The lowest BCUT2D eigenvalue weighted by Crippen LogP contribution is -2.70. The first-order valence-corrected chi connectivity index (χ1v) is 9.51. The minimum Gasteiger partial charge on any atom is -0.387 e. The average molecular weight is 278 g/mol. The van der Waals surface area contributed by atoms with Gasteiger partial charge in [-0.05, 0) is 17.9 Å². The molecule has 106 valence electrons. The molecule has 1 unspecified atom stereocenters. The van der Waals surface area contributed by atoms with Crippen LogP contribution < -0.4 is 0 Å². The quantitative estimate of drug-likeness (QED) is 0.588. The van der Waals surface area contributed by atoms with Gasteiger partial charge in [0.25, 0.3) is 0 Å². The van der Waals surface area contributed by atoms with Gasteiger partial charge in [-0.1, -0.05) is 40.3 Å². The molecular formula is C13H24F2O2Si. The number of hydrogen-bond donors (Lipinski definition) is 1. The van der Waals surface area contributed by atoms with Crippen LogP contribution in [0.4, 0.5) is 8.78 Å². The maximum absolute atomic E-state index is 14.4. The first-order chi connectivity index (χ1) is 7.88. The summed E-state index contributed by atoms with van der Waals surface area (Å²) in [5.74, 6) is -4.70. The molecule has 0 aliphatic heterocycles. The summed E-state index contributed by atoms with van der Waals surface area (Å²) in [6, 6.07) is 0. The van der Waals surface area contributed by atoms with E-state index in [2.05, 4.69) is 0 Å². The van der Waals surface area contributed by atoms with Gasteiger partial charge in [-0.15, -0.1) is 0 Å². The summed E-state index contributed by atoms with van der Waals surface area (Å²) in [7, 11) is -2.75. The molecule has 0 spiro atoms. The largest absolute Gasteiger partial charge is 0.387 e. The highest BCUT2D eigenvalue weighted by Gasteiger charge is 2.68. The monoisotopic (exact) mass is 278 g/mol. The van der Waals surface area contributed by atoms with E-state index in [1.807, 2.05) is 20.8 Å². The second-order valence-corrected chi connectivity index (χ2v) is 12.5. The molecule has 1 saturated carbocycles. The molecule has 1 fully saturated rings. The van der Waals surface area contributed by atoms with Crippen molar-refractivity contribution >= 4 is 13.9 Å². The van der Waals surface area contributed by atoms with Crippen LogP contribution in [0.1, 0.15) is 46.5 Å². The fraction of sp³-hybridized carbons (Fsp3) is 0.923. The standard InChI is InChI=1S/C13H24F2O2Si/c1-11(2,3)18(4,5)12(17)9-7-6-8-10(16)13(12,14)15/h17H,6-9H2,1-5H3. The highest BCUT2D eigenvalue weighted by Crippen LogP contribution is 2.52. The molecule has 0 saturated heterocycles. The topological polar surface area (TPSA) is 37.3 Å². The van der Waals surface area contributed by atoms with E-state index < -0.39 is 30.0 Å². The molecule has 5 heteroatoms. The van der Waals surface area contributed by atoms with Gasteiger partial charge in [0.15, 0.2) is 0 Å². The molecule has 0 bridgehead atoms. The Kier molecular flexibility index (Phi) is 3.83. The van der Waals surface area contributed by atoms with Crippen LogP contribution in [-0.4, -0.2) is 30.1 Å². The van der Waals surface area contributed by atoms with Crippen LogP contribution in [0.5, 0.6) is 0 Å². The molecule has 1 atom stereocenters. The van der Waals surface area contributed by atoms with E-state index in [1.165, 1.54) is 0 Å². The van der Waals surface area contributed by atoms with E-state index in [9.17, 15) is 18.7 Å². The maximum atomic E-state index is 14.4. The molecular weight excluding hydrogens is 254 g/mol. The smallest absolute Gasteiger partial charge is 0.330 e. The van der Waals surface area contributed by atoms with Gasteiger partial charge in [0, 0.05) is 6.42 Å². The predicted molar refractivity (Wildman–Crippen MR) is 70.6 cm³/mol. The molecule has 2 nitrogen and oxygen atoms in total. The van der Waals surface area contributed by atoms with Gasteiger partial charge < -0.3 is 5.11 Å². The van der Waals surface area contributed by atoms with Gasteiger partial charge in [0.2, 0.25) is 5.78 Å². The number of carbonyl (C=O) groups excluding carboxylic acids is 1. The van der Waals surface area contributed by atoms with E-state index in [-0.39, 0.29) is 12.8 Å². The van der Waals surface area contributed by atoms with Crippen LogP contribution in [0.2, 0.25) is 18.1 Å². The Morgan fingerprint density at radius 1 is 1.22 bits per heavy atom. The lowest BCUT2D eigenvalue weighted by atomic mass is 10.1. The van der Waals surface area contributed by atoms with Crippen molar-refractivity contribution < 1.29 is 18.7 Å². The molecule has 0 heterocycles. The molecule has 0 amide bonds. The fourth-order valence-corrected chi connectivity index (χ4v) is 5.50. The van der Waals surface area contributed by atoms with Crippen LogP contribution >= 0.6 is 0 Å². The Labute approximate surface area is 109 Å². The zero-order valence-electron chi connectivity index (χ0n) is 11.9. The van der Waals surface area contributed by atoms with Crippen LogP contribution in [-0.2, 0) is 4.79 Å². The number of ketones is 1. The van der Waals surface area contributed by atoms with Gasteiger partial charge in [-0.3, -0.25) is 4.79 Å². The van der Waals surface area contributed by atoms with Crippen LogP contribution in [0, 0.1) is 0 Å². The molecule has 1 aliphatic rings. The SMILES string of the molecule is CC(C)(C)[Si](C)(C)C1(O)CCCCC(=O)C1(F)F. The van der Waals surface area contributed by atoms with Crippen molar-refractivity contribution in [3.8, 4) is 0 Å². The maximum Gasteiger partial charge on any atom is 0.330 e. The van der Waals surface area contributed by atoms with E-state index >= 15 is 0 Å². The number of alkyl halides is 2. The normalized spacial score (nSPS) is 30.1. The third-order valence-corrected chi connectivity index (χ3v) is 11.4. The zero-order chi connectivity index (χ0) is 14.4. The Morgan fingerprint density at radius 2 is 1.72 bits per heavy atom. The minimum atomic E-state index is -3.60. The van der Waals surface area contributed by atoms with E-state index in [0.717, 1.165) is 0 Å². The number of aliphatic hydroxyl groups is 1. The van der Waals surface area contributed by atoms with Gasteiger partial charge in [0.1, 0.15) is 5.22 Å². The van der Waals surface area contributed by atoms with Crippen LogP contribution in [0.3, 0.4) is 0 Å². The lowest BCUT2D eigenvalue weighted by molar-refractivity contribution is -0.170. The lowest BCUT2D eigenvalue weighted by Gasteiger charge is -2.51. The van der Waals surface area contributed by atoms with Crippen molar-refractivity contribution in [2.75, 3.05) is 0 Å². The molecule has 0 aromatic carbocycles. The Balaban J connectivity index is 3.35. The molecule has 0 radical (unpaired) electrons. The summed E-state index contributed by atoms with van der Waals surface area (Å²) in [4.78, 5) is 11.6. The number of rotatable bonds is 1. The molecule has 0 aromatic rings. The van der Waals surface area contributed by atoms with Gasteiger partial charge in [-0.25, -0.2) is 0 Å². The summed E-state index contributed by atoms with van der Waals surface area (Å²) in [5, 5.41) is 8.18. The summed E-state index contributed by atoms with van der Waals surface area (Å²) >= 11 is 0. The number of Topliss-reactive ketones (excluding diaryl/α,β-unsaturated/α-hetero) is 1. The summed E-state index contributed by atoms with van der Waals surface area (Å²) in [6.45, 7) is 9.16. The average Bonchev–Trinajstić information content (AvgIpc) is 2.29. The van der Waals surface area contributed by atoms with Crippen molar-refractivity contribution in [3.05, 3.63) is 0 Å². The molecule has 1 N–H and O–H groups in total. The Bertz CT molecular complexity index is 347. The fourth-order valence-electron chi connectivity index (χ4n) is 2.54. The molecule has 1 aliphatic carbocycles. The second kappa shape index (κ2) is 4.37. The second-order valence-electron chi connectivity index (χ2n) is 6.94. The van der Waals surface area contributed by atoms with E-state index in [0.29, 0.717) is 12.8 Å². The predicted octanol–water partition coefficient (Wildman–Crippen LogP) is 3.54. The summed E-state index contributed by atoms with van der Waals surface area (Å²) in [5.41, 5.74) is 0. The first-order valence-electron chi connectivity index (χ1n) is 6.51. The van der Waals surface area contributed by atoms with Crippen LogP contribution in [0.25, 0.3) is 0 Å². The van der Waals surface area contributed by atoms with Crippen molar-refractivity contribution in [2.24, 2.45) is 0 Å². The number of halogens is 2. The van der Waals surface area contributed by atoms with Crippen molar-refractivity contribution in [3.63, 3.8) is 0 Å². The van der Waals surface area contributed by atoms with Gasteiger partial charge >= 0.3 is 5.92 Å². The minimum absolute atomic E-state index is 0.0300. The third-order valence-electron chi connectivity index (χ3n) is 4.97. The number of hydrogen-bond acceptors (Lipinski definition) is 2. The third kappa shape index (κ3) is 2.05.